The number of methoxy groups -OCH3 is 1. The van der Waals surface area contributed by atoms with E-state index in [1.807, 2.05) is 6.92 Å². The zero-order chi connectivity index (χ0) is 26.7. The SMILES string of the molecule is CCOc1ccc(Cl)c(/C(O)=C2\C(=O)C(=O)N(c3ccc(CC(=O)O)cc3)C2c2ccccc2OC)c1. The van der Waals surface area contributed by atoms with Gasteiger partial charge in [0.1, 0.15) is 17.3 Å². The Hall–Kier alpha value is -4.30. The van der Waals surface area contributed by atoms with Crippen LogP contribution in [0.15, 0.2) is 72.3 Å². The molecule has 1 atom stereocenters. The summed E-state index contributed by atoms with van der Waals surface area (Å²) in [5.74, 6) is -2.37. The maximum atomic E-state index is 13.4. The smallest absolute Gasteiger partial charge is 0.307 e. The predicted octanol–water partition coefficient (Wildman–Crippen LogP) is 5.00. The van der Waals surface area contributed by atoms with E-state index < -0.39 is 29.5 Å². The van der Waals surface area contributed by atoms with Gasteiger partial charge in [-0.2, -0.15) is 0 Å². The fourth-order valence-corrected chi connectivity index (χ4v) is 4.53. The van der Waals surface area contributed by atoms with Gasteiger partial charge in [0.2, 0.25) is 0 Å². The number of aliphatic hydroxyl groups is 1. The molecule has 3 aromatic rings. The Labute approximate surface area is 218 Å². The van der Waals surface area contributed by atoms with E-state index >= 15 is 0 Å². The number of anilines is 1. The quantitative estimate of drug-likeness (QED) is 0.243. The summed E-state index contributed by atoms with van der Waals surface area (Å²) in [5, 5.41) is 20.7. The van der Waals surface area contributed by atoms with Gasteiger partial charge in [-0.1, -0.05) is 41.9 Å². The van der Waals surface area contributed by atoms with Crippen molar-refractivity contribution in [2.24, 2.45) is 0 Å². The van der Waals surface area contributed by atoms with E-state index in [0.29, 0.717) is 34.9 Å². The molecule has 0 aromatic heterocycles. The Morgan fingerprint density at radius 3 is 2.38 bits per heavy atom. The number of ketones is 1. The van der Waals surface area contributed by atoms with Crippen LogP contribution in [-0.4, -0.2) is 41.6 Å². The van der Waals surface area contributed by atoms with E-state index in [1.54, 1.807) is 54.6 Å². The van der Waals surface area contributed by atoms with Crippen LogP contribution in [0.2, 0.25) is 5.02 Å². The molecule has 1 aliphatic rings. The van der Waals surface area contributed by atoms with Gasteiger partial charge < -0.3 is 19.7 Å². The number of rotatable bonds is 8. The van der Waals surface area contributed by atoms with Gasteiger partial charge in [0, 0.05) is 16.8 Å². The van der Waals surface area contributed by atoms with Crippen LogP contribution in [0, 0.1) is 0 Å². The zero-order valence-electron chi connectivity index (χ0n) is 20.1. The number of carboxylic acids is 1. The molecule has 3 aromatic carbocycles. The number of carbonyl (C=O) groups excluding carboxylic acids is 2. The average molecular weight is 522 g/mol. The maximum Gasteiger partial charge on any atom is 0.307 e. The molecule has 4 rings (SSSR count). The number of hydrogen-bond donors (Lipinski definition) is 2. The molecule has 37 heavy (non-hydrogen) atoms. The highest BCUT2D eigenvalue weighted by Crippen LogP contribution is 2.45. The summed E-state index contributed by atoms with van der Waals surface area (Å²) >= 11 is 6.39. The molecule has 2 N–H and O–H groups in total. The Kier molecular flexibility index (Phi) is 7.50. The largest absolute Gasteiger partial charge is 0.507 e. The summed E-state index contributed by atoms with van der Waals surface area (Å²) in [6.07, 6.45) is -0.191. The second kappa shape index (κ2) is 10.8. The summed E-state index contributed by atoms with van der Waals surface area (Å²) in [4.78, 5) is 39.2. The number of para-hydroxylation sites is 1. The van der Waals surface area contributed by atoms with Crippen molar-refractivity contribution >= 4 is 40.7 Å². The summed E-state index contributed by atoms with van der Waals surface area (Å²) in [6, 6.07) is 16.8. The van der Waals surface area contributed by atoms with Crippen molar-refractivity contribution in [3.8, 4) is 11.5 Å². The van der Waals surface area contributed by atoms with E-state index in [-0.39, 0.29) is 22.6 Å². The summed E-state index contributed by atoms with van der Waals surface area (Å²) in [6.45, 7) is 2.19. The van der Waals surface area contributed by atoms with Crippen molar-refractivity contribution < 1.29 is 34.1 Å². The number of carboxylic acid groups (broad SMARTS) is 1. The van der Waals surface area contributed by atoms with Crippen LogP contribution in [0.5, 0.6) is 11.5 Å². The third-order valence-corrected chi connectivity index (χ3v) is 6.28. The fourth-order valence-electron chi connectivity index (χ4n) is 4.32. The van der Waals surface area contributed by atoms with Crippen LogP contribution in [0.1, 0.15) is 29.7 Å². The Morgan fingerprint density at radius 1 is 1.03 bits per heavy atom. The molecule has 1 aliphatic heterocycles. The molecule has 1 unspecified atom stereocenters. The van der Waals surface area contributed by atoms with E-state index in [9.17, 15) is 19.5 Å². The first kappa shape index (κ1) is 25.8. The first-order chi connectivity index (χ1) is 17.8. The number of hydrogen-bond acceptors (Lipinski definition) is 6. The van der Waals surface area contributed by atoms with Crippen LogP contribution in [0.3, 0.4) is 0 Å². The number of nitrogens with zero attached hydrogens (tertiary/aromatic N) is 1. The van der Waals surface area contributed by atoms with Crippen molar-refractivity contribution in [2.75, 3.05) is 18.6 Å². The molecule has 0 aliphatic carbocycles. The highest BCUT2D eigenvalue weighted by molar-refractivity contribution is 6.52. The lowest BCUT2D eigenvalue weighted by Crippen LogP contribution is -2.29. The van der Waals surface area contributed by atoms with Crippen LogP contribution in [0.4, 0.5) is 5.69 Å². The number of benzene rings is 3. The van der Waals surface area contributed by atoms with Gasteiger partial charge in [-0.3, -0.25) is 19.3 Å². The Morgan fingerprint density at radius 2 is 1.73 bits per heavy atom. The number of amides is 1. The van der Waals surface area contributed by atoms with Gasteiger partial charge >= 0.3 is 5.97 Å². The minimum atomic E-state index is -1.05. The van der Waals surface area contributed by atoms with Gasteiger partial charge in [0.25, 0.3) is 11.7 Å². The first-order valence-corrected chi connectivity index (χ1v) is 11.8. The third kappa shape index (κ3) is 5.01. The minimum absolute atomic E-state index is 0.141. The Balaban J connectivity index is 1.93. The van der Waals surface area contributed by atoms with E-state index in [1.165, 1.54) is 24.1 Å². The lowest BCUT2D eigenvalue weighted by molar-refractivity contribution is -0.136. The maximum absolute atomic E-state index is 13.4. The molecule has 0 radical (unpaired) electrons. The molecule has 1 saturated heterocycles. The molecule has 1 fully saturated rings. The van der Waals surface area contributed by atoms with Gasteiger partial charge in [0.05, 0.1) is 36.8 Å². The second-order valence-electron chi connectivity index (χ2n) is 8.22. The topological polar surface area (TPSA) is 113 Å². The van der Waals surface area contributed by atoms with Crippen molar-refractivity contribution in [3.63, 3.8) is 0 Å². The number of Topliss-reactive ketones (excluding diaryl/α,β-unsaturated/α-hetero) is 1. The van der Waals surface area contributed by atoms with E-state index in [2.05, 4.69) is 0 Å². The number of halogens is 1. The number of aliphatic hydroxyl groups excluding tert-OH is 1. The fraction of sp³-hybridized carbons (Fsp3) is 0.179. The molecular formula is C28H24ClNO7. The highest BCUT2D eigenvalue weighted by atomic mass is 35.5. The van der Waals surface area contributed by atoms with Crippen LogP contribution < -0.4 is 14.4 Å². The minimum Gasteiger partial charge on any atom is -0.507 e. The predicted molar refractivity (Wildman–Crippen MR) is 138 cm³/mol. The normalized spacial score (nSPS) is 16.6. The number of ether oxygens (including phenoxy) is 2. The molecule has 0 spiro atoms. The molecular weight excluding hydrogens is 498 g/mol. The first-order valence-electron chi connectivity index (χ1n) is 11.4. The molecule has 0 saturated carbocycles. The molecule has 190 valence electrons. The van der Waals surface area contributed by atoms with Crippen molar-refractivity contribution in [3.05, 3.63) is 94.0 Å². The molecule has 9 heteroatoms. The van der Waals surface area contributed by atoms with Crippen molar-refractivity contribution in [1.29, 1.82) is 0 Å². The lowest BCUT2D eigenvalue weighted by atomic mass is 9.94. The van der Waals surface area contributed by atoms with Crippen molar-refractivity contribution in [1.82, 2.24) is 0 Å². The van der Waals surface area contributed by atoms with E-state index in [0.717, 1.165) is 0 Å². The molecule has 8 nitrogen and oxygen atoms in total. The van der Waals surface area contributed by atoms with Crippen LogP contribution >= 0.6 is 11.6 Å². The number of carbonyl (C=O) groups is 3. The Bertz CT molecular complexity index is 1400. The molecule has 1 amide bonds. The van der Waals surface area contributed by atoms with Gasteiger partial charge in [0.15, 0.2) is 0 Å². The van der Waals surface area contributed by atoms with Gasteiger partial charge in [-0.05, 0) is 48.9 Å². The summed E-state index contributed by atoms with van der Waals surface area (Å²) in [5.41, 5.74) is 1.32. The highest BCUT2D eigenvalue weighted by Gasteiger charge is 2.48. The van der Waals surface area contributed by atoms with E-state index in [4.69, 9.17) is 26.2 Å². The van der Waals surface area contributed by atoms with Crippen LogP contribution in [-0.2, 0) is 20.8 Å². The lowest BCUT2D eigenvalue weighted by Gasteiger charge is -2.27. The standard InChI is InChI=1S/C28H24ClNO7/c1-3-37-18-12-13-21(29)20(15-18)26(33)24-25(19-6-4-5-7-22(19)36-2)30(28(35)27(24)34)17-10-8-16(9-11-17)14-23(31)32/h4-13,15,25,33H,3,14H2,1-2H3,(H,31,32)/b26-24+. The second-order valence-corrected chi connectivity index (χ2v) is 8.63. The zero-order valence-corrected chi connectivity index (χ0v) is 20.9. The third-order valence-electron chi connectivity index (χ3n) is 5.95. The van der Waals surface area contributed by atoms with Gasteiger partial charge in [-0.25, -0.2) is 0 Å². The average Bonchev–Trinajstić information content (AvgIpc) is 3.15. The van der Waals surface area contributed by atoms with Crippen molar-refractivity contribution in [2.45, 2.75) is 19.4 Å². The summed E-state index contributed by atoms with van der Waals surface area (Å²) in [7, 11) is 1.47. The summed E-state index contributed by atoms with van der Waals surface area (Å²) < 4.78 is 11.0. The number of aliphatic carboxylic acids is 1. The molecule has 0 bridgehead atoms. The van der Waals surface area contributed by atoms with Crippen LogP contribution in [0.25, 0.3) is 5.76 Å². The monoisotopic (exact) mass is 521 g/mol. The van der Waals surface area contributed by atoms with Gasteiger partial charge in [-0.15, -0.1) is 0 Å². The molecule has 1 heterocycles.